The van der Waals surface area contributed by atoms with Gasteiger partial charge in [-0.05, 0) is 54.7 Å². The lowest BCUT2D eigenvalue weighted by Crippen LogP contribution is -2.38. The number of ketones is 1. The Hall–Kier alpha value is -2.56. The summed E-state index contributed by atoms with van der Waals surface area (Å²) in [5.74, 6) is -0.674. The third-order valence-corrected chi connectivity index (χ3v) is 8.53. The first-order valence-corrected chi connectivity index (χ1v) is 12.8. The Balaban J connectivity index is 1.33. The van der Waals surface area contributed by atoms with Gasteiger partial charge in [0.05, 0.1) is 16.0 Å². The van der Waals surface area contributed by atoms with Crippen LogP contribution in [0, 0.1) is 5.82 Å². The molecule has 2 aliphatic rings. The second kappa shape index (κ2) is 8.09. The molecule has 1 aromatic heterocycles. The van der Waals surface area contributed by atoms with E-state index in [1.54, 1.807) is 18.2 Å². The Morgan fingerprint density at radius 3 is 2.66 bits per heavy atom. The number of anilines is 2. The number of nitrogens with zero attached hydrogens (tertiary/aromatic N) is 3. The lowest BCUT2D eigenvalue weighted by atomic mass is 9.96. The summed E-state index contributed by atoms with van der Waals surface area (Å²) in [6.45, 7) is 0.621. The fourth-order valence-electron chi connectivity index (χ4n) is 4.52. The van der Waals surface area contributed by atoms with Crippen molar-refractivity contribution in [2.24, 2.45) is 0 Å². The van der Waals surface area contributed by atoms with Gasteiger partial charge in [0.15, 0.2) is 5.78 Å². The normalized spacial score (nSPS) is 20.6. The Bertz CT molecular complexity index is 1280. The lowest BCUT2D eigenvalue weighted by Gasteiger charge is -2.26. The van der Waals surface area contributed by atoms with Gasteiger partial charge in [-0.3, -0.25) is 9.52 Å². The highest BCUT2D eigenvalue weighted by atomic mass is 35.5. The molecule has 0 amide bonds. The number of fused-ring (bicyclic) bond motifs is 1. The van der Waals surface area contributed by atoms with Gasteiger partial charge in [-0.25, -0.2) is 12.8 Å². The van der Waals surface area contributed by atoms with E-state index in [1.807, 2.05) is 4.90 Å². The number of Topliss-reactive ketones (excluding diaryl/α,β-unsaturated/α-hetero) is 1. The molecule has 5 rings (SSSR count). The van der Waals surface area contributed by atoms with E-state index >= 15 is 0 Å². The molecule has 0 radical (unpaired) electrons. The molecule has 0 saturated heterocycles. The second-order valence-electron chi connectivity index (χ2n) is 7.77. The van der Waals surface area contributed by atoms with Crippen molar-refractivity contribution in [2.45, 2.75) is 36.1 Å². The summed E-state index contributed by atoms with van der Waals surface area (Å²) in [5, 5.41) is 7.62. The second-order valence-corrected chi connectivity index (χ2v) is 10.7. The van der Waals surface area contributed by atoms with Gasteiger partial charge in [0.25, 0.3) is 10.0 Å². The smallest absolute Gasteiger partial charge is 0.263 e. The number of sulfonamides is 1. The fraction of sp³-hybridized carbons (Fsp3) is 0.286. The molecule has 3 aromatic rings. The van der Waals surface area contributed by atoms with Crippen LogP contribution in [0.2, 0.25) is 5.02 Å². The molecular weight excluding hydrogens is 475 g/mol. The third-order valence-electron chi connectivity index (χ3n) is 6.03. The molecule has 11 heteroatoms. The van der Waals surface area contributed by atoms with Crippen LogP contribution in [-0.2, 0) is 21.2 Å². The highest BCUT2D eigenvalue weighted by Gasteiger charge is 2.41. The van der Waals surface area contributed by atoms with E-state index < -0.39 is 15.8 Å². The molecule has 166 valence electrons. The maximum Gasteiger partial charge on any atom is 0.263 e. The van der Waals surface area contributed by atoms with E-state index in [9.17, 15) is 17.6 Å². The summed E-state index contributed by atoms with van der Waals surface area (Å²) < 4.78 is 41.2. The molecule has 1 fully saturated rings. The largest absolute Gasteiger partial charge is 0.361 e. The minimum absolute atomic E-state index is 0.0842. The molecule has 0 bridgehead atoms. The minimum atomic E-state index is -3.78. The molecule has 1 aliphatic heterocycles. The van der Waals surface area contributed by atoms with Crippen molar-refractivity contribution in [1.29, 1.82) is 0 Å². The van der Waals surface area contributed by atoms with Crippen LogP contribution in [0.1, 0.15) is 29.9 Å². The first-order chi connectivity index (χ1) is 15.3. The highest BCUT2D eigenvalue weighted by Crippen LogP contribution is 2.41. The monoisotopic (exact) mass is 492 g/mol. The maximum absolute atomic E-state index is 13.8. The van der Waals surface area contributed by atoms with Crippen LogP contribution in [0.3, 0.4) is 0 Å². The summed E-state index contributed by atoms with van der Waals surface area (Å²) >= 11 is 7.21. The third kappa shape index (κ3) is 3.66. The highest BCUT2D eigenvalue weighted by molar-refractivity contribution is 7.93. The van der Waals surface area contributed by atoms with Crippen molar-refractivity contribution < 1.29 is 17.6 Å². The van der Waals surface area contributed by atoms with E-state index in [-0.39, 0.29) is 32.8 Å². The molecule has 1 saturated carbocycles. The van der Waals surface area contributed by atoms with Gasteiger partial charge >= 0.3 is 0 Å². The van der Waals surface area contributed by atoms with Crippen LogP contribution < -0.4 is 9.62 Å². The Morgan fingerprint density at radius 1 is 1.16 bits per heavy atom. The molecule has 2 atom stereocenters. The molecular formula is C21H18ClFN4O3S2. The van der Waals surface area contributed by atoms with E-state index in [0.29, 0.717) is 25.8 Å². The van der Waals surface area contributed by atoms with E-state index in [4.69, 9.17) is 11.6 Å². The summed E-state index contributed by atoms with van der Waals surface area (Å²) in [7, 11) is -3.78. The van der Waals surface area contributed by atoms with Crippen molar-refractivity contribution in [2.75, 3.05) is 16.2 Å². The number of rotatable bonds is 5. The minimum Gasteiger partial charge on any atom is -0.361 e. The average molecular weight is 493 g/mol. The summed E-state index contributed by atoms with van der Waals surface area (Å²) in [4.78, 5) is 15.4. The standard InChI is InChI=1S/C21H18ClFN4O3S2/c22-19-15-9-10-27(17(15)8-6-16(19)23)18-7-5-14(20(18)28)12-1-3-13(4-2-12)32(29,30)26-21-25-24-11-31-21/h1-4,6,8,11,14,18H,5,7,9-10H2,(H,25,26)/t14?,18-/m0/s1. The zero-order chi connectivity index (χ0) is 22.5. The quantitative estimate of drug-likeness (QED) is 0.578. The van der Waals surface area contributed by atoms with Crippen LogP contribution >= 0.6 is 22.9 Å². The zero-order valence-corrected chi connectivity index (χ0v) is 19.1. The van der Waals surface area contributed by atoms with E-state index in [0.717, 1.165) is 28.2 Å². The van der Waals surface area contributed by atoms with Crippen LogP contribution in [0.4, 0.5) is 15.2 Å². The molecule has 32 heavy (non-hydrogen) atoms. The molecule has 1 aliphatic carbocycles. The van der Waals surface area contributed by atoms with Crippen molar-refractivity contribution in [3.8, 4) is 0 Å². The SMILES string of the molecule is O=C1C(c2ccc(S(=O)(=O)Nc3nncs3)cc2)CC[C@@H]1N1CCc2c1ccc(F)c2Cl. The van der Waals surface area contributed by atoms with Crippen LogP contribution in [0.5, 0.6) is 0 Å². The van der Waals surface area contributed by atoms with Crippen LogP contribution in [0.25, 0.3) is 0 Å². The number of benzene rings is 2. The predicted octanol–water partition coefficient (Wildman–Crippen LogP) is 4.01. The number of aromatic nitrogens is 2. The van der Waals surface area contributed by atoms with Gasteiger partial charge in [-0.2, -0.15) is 0 Å². The number of carbonyl (C=O) groups is 1. The van der Waals surface area contributed by atoms with Gasteiger partial charge in [0, 0.05) is 18.2 Å². The summed E-state index contributed by atoms with van der Waals surface area (Å²) in [6, 6.07) is 9.08. The number of halogens is 2. The number of carbonyl (C=O) groups excluding carboxylic acids is 1. The predicted molar refractivity (Wildman–Crippen MR) is 120 cm³/mol. The number of hydrogen-bond acceptors (Lipinski definition) is 7. The topological polar surface area (TPSA) is 92.3 Å². The lowest BCUT2D eigenvalue weighted by molar-refractivity contribution is -0.119. The van der Waals surface area contributed by atoms with Gasteiger partial charge in [-0.1, -0.05) is 35.1 Å². The Morgan fingerprint density at radius 2 is 1.94 bits per heavy atom. The van der Waals surface area contributed by atoms with Crippen molar-refractivity contribution in [1.82, 2.24) is 10.2 Å². The number of nitrogens with one attached hydrogen (secondary N) is 1. The van der Waals surface area contributed by atoms with Crippen LogP contribution in [0.15, 0.2) is 46.8 Å². The van der Waals surface area contributed by atoms with Crippen molar-refractivity contribution in [3.63, 3.8) is 0 Å². The Labute approximate surface area is 193 Å². The van der Waals surface area contributed by atoms with Gasteiger partial charge in [0.2, 0.25) is 5.13 Å². The van der Waals surface area contributed by atoms with E-state index in [2.05, 4.69) is 14.9 Å². The maximum atomic E-state index is 13.8. The molecule has 1 unspecified atom stereocenters. The first-order valence-electron chi connectivity index (χ1n) is 10.0. The number of hydrogen-bond donors (Lipinski definition) is 1. The van der Waals surface area contributed by atoms with Gasteiger partial charge in [0.1, 0.15) is 11.3 Å². The first kappa shape index (κ1) is 21.3. The summed E-state index contributed by atoms with van der Waals surface area (Å²) in [5.41, 5.74) is 3.79. The van der Waals surface area contributed by atoms with Gasteiger partial charge in [-0.15, -0.1) is 10.2 Å². The zero-order valence-electron chi connectivity index (χ0n) is 16.7. The molecule has 7 nitrogen and oxygen atoms in total. The van der Waals surface area contributed by atoms with Crippen LogP contribution in [-0.4, -0.2) is 37.0 Å². The Kier molecular flexibility index (Phi) is 5.39. The van der Waals surface area contributed by atoms with E-state index in [1.165, 1.54) is 23.7 Å². The average Bonchev–Trinajstić information content (AvgIpc) is 3.51. The summed E-state index contributed by atoms with van der Waals surface area (Å²) in [6.07, 6.45) is 1.95. The van der Waals surface area contributed by atoms with Gasteiger partial charge < -0.3 is 4.90 Å². The molecule has 2 heterocycles. The fourth-order valence-corrected chi connectivity index (χ4v) is 6.47. The molecule has 1 N–H and O–H groups in total. The van der Waals surface area contributed by atoms with Crippen molar-refractivity contribution >= 4 is 49.6 Å². The van der Waals surface area contributed by atoms with Crippen molar-refractivity contribution in [3.05, 3.63) is 63.9 Å². The molecule has 0 spiro atoms. The molecule has 2 aromatic carbocycles.